The Hall–Kier alpha value is -3.79. The van der Waals surface area contributed by atoms with E-state index in [1.165, 1.54) is 21.9 Å². The second-order valence-corrected chi connectivity index (χ2v) is 10.3. The number of hydrogen-bond donors (Lipinski definition) is 1. The molecule has 4 rings (SSSR count). The normalized spacial score (nSPS) is 13.8. The number of amides is 1. The van der Waals surface area contributed by atoms with E-state index in [4.69, 9.17) is 5.10 Å². The first-order valence-electron chi connectivity index (χ1n) is 11.8. The smallest absolute Gasteiger partial charge is 0.278 e. The van der Waals surface area contributed by atoms with Crippen LogP contribution in [-0.2, 0) is 19.6 Å². The van der Waals surface area contributed by atoms with Crippen LogP contribution in [0.1, 0.15) is 43.9 Å². The van der Waals surface area contributed by atoms with Crippen LogP contribution in [0.3, 0.4) is 0 Å². The maximum atomic E-state index is 14.8. The maximum absolute atomic E-state index is 14.8. The molecule has 194 valence electrons. The summed E-state index contributed by atoms with van der Waals surface area (Å²) in [6, 6.07) is 11.7. The summed E-state index contributed by atoms with van der Waals surface area (Å²) >= 11 is 0. The fourth-order valence-corrected chi connectivity index (χ4v) is 4.48. The summed E-state index contributed by atoms with van der Waals surface area (Å²) in [5, 5.41) is 7.81. The molecule has 1 amide bonds. The van der Waals surface area contributed by atoms with E-state index >= 15 is 0 Å². The quantitative estimate of drug-likeness (QED) is 0.309. The van der Waals surface area contributed by atoms with Crippen molar-refractivity contribution < 1.29 is 13.4 Å². The molecule has 0 spiro atoms. The third-order valence-corrected chi connectivity index (χ3v) is 6.45. The third kappa shape index (κ3) is 5.64. The first-order chi connectivity index (χ1) is 17.6. The molecule has 10 heteroatoms. The van der Waals surface area contributed by atoms with Crippen molar-refractivity contribution in [2.45, 2.75) is 39.7 Å². The molecule has 0 unspecified atom stereocenters. The minimum absolute atomic E-state index is 0.0638. The average molecular weight is 523 g/mol. The van der Waals surface area contributed by atoms with Crippen LogP contribution in [0.5, 0.6) is 0 Å². The van der Waals surface area contributed by atoms with Gasteiger partial charge in [0.05, 0.1) is 28.7 Å². The van der Waals surface area contributed by atoms with Crippen molar-refractivity contribution in [1.29, 1.82) is 0 Å². The van der Waals surface area contributed by atoms with Gasteiger partial charge in [0.2, 0.25) is 6.41 Å². The molecule has 1 aliphatic carbocycles. The van der Waals surface area contributed by atoms with Crippen molar-refractivity contribution in [3.8, 4) is 11.3 Å². The van der Waals surface area contributed by atoms with Crippen LogP contribution in [0.25, 0.3) is 17.0 Å². The highest BCUT2D eigenvalue weighted by Crippen LogP contribution is 2.39. The highest BCUT2D eigenvalue weighted by Gasteiger charge is 2.32. The molecule has 0 atom stereocenters. The summed E-state index contributed by atoms with van der Waals surface area (Å²) in [6.07, 6.45) is 3.69. The molecule has 1 N–H and O–H groups in total. The monoisotopic (exact) mass is 522 g/mol. The highest BCUT2D eigenvalue weighted by molar-refractivity contribution is 7.74. The Labute approximate surface area is 217 Å². The van der Waals surface area contributed by atoms with Gasteiger partial charge in [0.1, 0.15) is 11.5 Å². The van der Waals surface area contributed by atoms with Crippen LogP contribution in [0.2, 0.25) is 0 Å². The van der Waals surface area contributed by atoms with Crippen LogP contribution >= 0.6 is 0 Å². The molecule has 0 saturated heterocycles. The lowest BCUT2D eigenvalue weighted by Gasteiger charge is -2.24. The maximum Gasteiger partial charge on any atom is 0.278 e. The van der Waals surface area contributed by atoms with E-state index in [-0.39, 0.29) is 28.5 Å². The van der Waals surface area contributed by atoms with E-state index in [2.05, 4.69) is 9.68 Å². The van der Waals surface area contributed by atoms with E-state index < -0.39 is 16.4 Å². The average Bonchev–Trinajstić information content (AvgIpc) is 3.68. The number of allylic oxidation sites excluding steroid dienone is 1. The number of carbonyl (C=O) groups excluding carboxylic acids is 1. The summed E-state index contributed by atoms with van der Waals surface area (Å²) in [6.45, 7) is 5.43. The van der Waals surface area contributed by atoms with Gasteiger partial charge in [-0.2, -0.15) is 15.7 Å². The molecule has 3 aromatic rings. The molecule has 0 aliphatic heterocycles. The summed E-state index contributed by atoms with van der Waals surface area (Å²) in [5.41, 5.74) is 3.69. The zero-order valence-corrected chi connectivity index (χ0v) is 22.2. The minimum atomic E-state index is -1.42. The Morgan fingerprint density at radius 2 is 1.97 bits per heavy atom. The fraction of sp³-hybridized carbons (Fsp3) is 0.296. The Balaban J connectivity index is 2.04. The van der Waals surface area contributed by atoms with E-state index in [1.54, 1.807) is 50.4 Å². The minimum Gasteiger partial charge on any atom is -0.444 e. The van der Waals surface area contributed by atoms with E-state index in [1.807, 2.05) is 13.8 Å². The Morgan fingerprint density at radius 3 is 2.57 bits per heavy atom. The van der Waals surface area contributed by atoms with Crippen molar-refractivity contribution >= 4 is 39.8 Å². The van der Waals surface area contributed by atoms with Crippen molar-refractivity contribution in [3.63, 3.8) is 0 Å². The molecule has 1 heterocycles. The summed E-state index contributed by atoms with van der Waals surface area (Å²) in [7, 11) is 0.127. The van der Waals surface area contributed by atoms with Crippen LogP contribution in [-0.4, -0.2) is 29.5 Å². The topological polar surface area (TPSA) is 96.7 Å². The largest absolute Gasteiger partial charge is 0.444 e. The molecule has 1 aromatic heterocycles. The van der Waals surface area contributed by atoms with E-state index in [0.29, 0.717) is 29.1 Å². The molecule has 0 radical (unpaired) electrons. The lowest BCUT2D eigenvalue weighted by Crippen LogP contribution is -2.32. The molecular weight excluding hydrogens is 493 g/mol. The first kappa shape index (κ1) is 26.3. The molecule has 1 saturated carbocycles. The number of hydrogen-bond acceptors (Lipinski definition) is 7. The van der Waals surface area contributed by atoms with Gasteiger partial charge in [-0.25, -0.2) is 9.07 Å². The lowest BCUT2D eigenvalue weighted by atomic mass is 10.0. The van der Waals surface area contributed by atoms with Gasteiger partial charge in [0.25, 0.3) is 5.56 Å². The van der Waals surface area contributed by atoms with Gasteiger partial charge in [-0.1, -0.05) is 23.8 Å². The Bertz CT molecular complexity index is 1550. The van der Waals surface area contributed by atoms with Gasteiger partial charge in [-0.05, 0) is 63.4 Å². The number of aromatic nitrogens is 2. The Kier molecular flexibility index (Phi) is 7.58. The molecule has 1 fully saturated rings. The second kappa shape index (κ2) is 10.7. The van der Waals surface area contributed by atoms with Crippen molar-refractivity contribution in [2.75, 3.05) is 23.5 Å². The van der Waals surface area contributed by atoms with E-state index in [0.717, 1.165) is 24.0 Å². The molecule has 8 nitrogen and oxygen atoms in total. The summed E-state index contributed by atoms with van der Waals surface area (Å²) in [5.74, 6) is -0.456. The van der Waals surface area contributed by atoms with Crippen LogP contribution in [0, 0.1) is 12.7 Å². The number of carbonyl (C=O) groups is 1. The van der Waals surface area contributed by atoms with Crippen LogP contribution in [0.4, 0.5) is 21.5 Å². The van der Waals surface area contributed by atoms with Gasteiger partial charge < -0.3 is 18.8 Å². The number of halogens is 1. The van der Waals surface area contributed by atoms with Gasteiger partial charge in [0.15, 0.2) is 0 Å². The molecule has 2 aromatic carbocycles. The zero-order chi connectivity index (χ0) is 26.9. The van der Waals surface area contributed by atoms with Gasteiger partial charge in [-0.3, -0.25) is 9.59 Å². The first-order valence-corrected chi connectivity index (χ1v) is 13.3. The highest BCUT2D eigenvalue weighted by atomic mass is 32.2. The van der Waals surface area contributed by atoms with Crippen LogP contribution in [0.15, 0.2) is 57.2 Å². The summed E-state index contributed by atoms with van der Waals surface area (Å²) in [4.78, 5) is 27.3. The number of nitrogens with one attached hydrogen (secondary N) is 1. The van der Waals surface area contributed by atoms with Crippen molar-refractivity contribution in [1.82, 2.24) is 9.78 Å². The third-order valence-electron chi connectivity index (χ3n) is 5.98. The predicted octanol–water partition coefficient (Wildman–Crippen LogP) is 5.56. The second-order valence-electron chi connectivity index (χ2n) is 9.32. The molecule has 0 bridgehead atoms. The number of aryl methyl sites for hydroxylation is 1. The van der Waals surface area contributed by atoms with E-state index in [9.17, 15) is 18.2 Å². The SMILES string of the molecule is CC(C)=C(Nc1ccc(C)cc1F)c1c(N(C)C=O)c(-c2cccc(N=[S-](C)=O)c2)nn(C2CC2)c1=O. The number of anilines is 2. The number of rotatable bonds is 8. The van der Waals surface area contributed by atoms with Crippen molar-refractivity contribution in [3.05, 3.63) is 75.3 Å². The lowest BCUT2D eigenvalue weighted by molar-refractivity contribution is -0.107. The van der Waals surface area contributed by atoms with Crippen molar-refractivity contribution in [2.24, 2.45) is 4.36 Å². The number of nitrogens with zero attached hydrogens (tertiary/aromatic N) is 4. The zero-order valence-electron chi connectivity index (χ0n) is 21.4. The standard InChI is InChI=1S/C27H29FN5O3S/c1-16(2)24(29-22-12-9-17(3)13-21(22)28)23-26(32(4)15-34)25(30-33(27(23)35)20-10-11-20)18-7-6-8-19(14-18)31-37(5)36/h6-9,12-15,20,29H,10-11H2,1-5H3/q-1. The van der Waals surface area contributed by atoms with Gasteiger partial charge >= 0.3 is 0 Å². The van der Waals surface area contributed by atoms with Crippen LogP contribution < -0.4 is 15.8 Å². The molecule has 37 heavy (non-hydrogen) atoms. The molecule has 1 aliphatic rings. The number of benzene rings is 2. The molecular formula is C27H29FN5O3S-. The predicted molar refractivity (Wildman–Crippen MR) is 146 cm³/mol. The summed E-state index contributed by atoms with van der Waals surface area (Å²) < 4.78 is 32.1. The Morgan fingerprint density at radius 1 is 1.24 bits per heavy atom. The fourth-order valence-electron chi connectivity index (χ4n) is 4.07. The van der Waals surface area contributed by atoms with Gasteiger partial charge in [-0.15, -0.1) is 6.26 Å². The van der Waals surface area contributed by atoms with Gasteiger partial charge in [0, 0.05) is 18.3 Å².